The van der Waals surface area contributed by atoms with Crippen LogP contribution in [0.25, 0.3) is 0 Å². The van der Waals surface area contributed by atoms with E-state index >= 15 is 0 Å². The normalized spacial score (nSPS) is 10.1. The smallest absolute Gasteiger partial charge is 0.218 e. The van der Waals surface area contributed by atoms with Gasteiger partial charge in [0.15, 0.2) is 0 Å². The summed E-state index contributed by atoms with van der Waals surface area (Å²) in [6.45, 7) is 0. The maximum atomic E-state index is 13.0. The molecule has 1 aromatic carbocycles. The third-order valence-corrected chi connectivity index (χ3v) is 2.55. The summed E-state index contributed by atoms with van der Waals surface area (Å²) < 4.78 is 25.5. The number of rotatable bonds is 4. The summed E-state index contributed by atoms with van der Waals surface area (Å²) in [5, 5.41) is 0. The van der Waals surface area contributed by atoms with E-state index in [0.717, 1.165) is 17.8 Å². The minimum Gasteiger partial charge on any atom is -0.370 e. The number of carbonyl (C=O) groups excluding carboxylic acids is 1. The molecule has 0 saturated carbocycles. The quantitative estimate of drug-likeness (QED) is 0.783. The number of amides is 1. The third kappa shape index (κ3) is 3.33. The van der Waals surface area contributed by atoms with Crippen molar-refractivity contribution in [3.63, 3.8) is 0 Å². The fourth-order valence-electron chi connectivity index (χ4n) is 0.854. The molecule has 0 atom stereocenters. The summed E-state index contributed by atoms with van der Waals surface area (Å²) in [6.07, 6.45) is 0.182. The average Bonchev–Trinajstić information content (AvgIpc) is 2.08. The molecule has 0 aliphatic heterocycles. The lowest BCUT2D eigenvalue weighted by Crippen LogP contribution is -2.10. The van der Waals surface area contributed by atoms with Gasteiger partial charge >= 0.3 is 0 Å². The van der Waals surface area contributed by atoms with Crippen molar-refractivity contribution in [3.05, 3.63) is 29.8 Å². The number of halogens is 2. The highest BCUT2D eigenvalue weighted by atomic mass is 32.2. The minimum absolute atomic E-state index is 0.182. The first-order valence-electron chi connectivity index (χ1n) is 3.96. The lowest BCUT2D eigenvalue weighted by atomic mass is 10.3. The van der Waals surface area contributed by atoms with Gasteiger partial charge in [-0.1, -0.05) is 0 Å². The van der Waals surface area contributed by atoms with E-state index < -0.39 is 17.5 Å². The summed E-state index contributed by atoms with van der Waals surface area (Å²) in [7, 11) is 0. The standard InChI is InChI=1S/C9H9F2NOS/c10-6-1-2-8(7(11)5-6)14-4-3-9(12)13/h1-2,5H,3-4H2,(H2,12,13). The molecule has 0 fully saturated rings. The van der Waals surface area contributed by atoms with Gasteiger partial charge in [0.1, 0.15) is 11.6 Å². The number of hydrogen-bond donors (Lipinski definition) is 1. The van der Waals surface area contributed by atoms with E-state index in [1.165, 1.54) is 12.1 Å². The molecule has 1 rings (SSSR count). The molecular weight excluding hydrogens is 208 g/mol. The Kier molecular flexibility index (Phi) is 3.88. The summed E-state index contributed by atoms with van der Waals surface area (Å²) >= 11 is 1.14. The van der Waals surface area contributed by atoms with Gasteiger partial charge in [0, 0.05) is 23.1 Å². The average molecular weight is 217 g/mol. The first-order chi connectivity index (χ1) is 6.59. The minimum atomic E-state index is -0.612. The summed E-state index contributed by atoms with van der Waals surface area (Å²) in [4.78, 5) is 10.7. The van der Waals surface area contributed by atoms with Crippen LogP contribution >= 0.6 is 11.8 Å². The Balaban J connectivity index is 2.55. The highest BCUT2D eigenvalue weighted by Crippen LogP contribution is 2.22. The van der Waals surface area contributed by atoms with Crippen LogP contribution < -0.4 is 5.73 Å². The fourth-order valence-corrected chi connectivity index (χ4v) is 1.74. The van der Waals surface area contributed by atoms with E-state index in [4.69, 9.17) is 5.73 Å². The molecule has 5 heteroatoms. The molecule has 1 aromatic rings. The van der Waals surface area contributed by atoms with Gasteiger partial charge < -0.3 is 5.73 Å². The molecule has 2 nitrogen and oxygen atoms in total. The van der Waals surface area contributed by atoms with Crippen molar-refractivity contribution in [2.24, 2.45) is 5.73 Å². The molecule has 0 aliphatic rings. The van der Waals surface area contributed by atoms with Crippen LogP contribution in [0.4, 0.5) is 8.78 Å². The number of benzene rings is 1. The van der Waals surface area contributed by atoms with E-state index in [1.54, 1.807) is 0 Å². The third-order valence-electron chi connectivity index (χ3n) is 1.50. The Morgan fingerprint density at radius 3 is 2.71 bits per heavy atom. The van der Waals surface area contributed by atoms with E-state index in [1.807, 2.05) is 0 Å². The number of thioether (sulfide) groups is 1. The summed E-state index contributed by atoms with van der Waals surface area (Å²) in [6, 6.07) is 3.33. The Morgan fingerprint density at radius 1 is 1.43 bits per heavy atom. The lowest BCUT2D eigenvalue weighted by Gasteiger charge is -2.01. The molecule has 0 bridgehead atoms. The molecule has 0 saturated heterocycles. The summed E-state index contributed by atoms with van der Waals surface area (Å²) in [5.74, 6) is -1.25. The van der Waals surface area contributed by atoms with Crippen molar-refractivity contribution in [2.75, 3.05) is 5.75 Å². The Morgan fingerprint density at radius 2 is 2.14 bits per heavy atom. The van der Waals surface area contributed by atoms with Gasteiger partial charge in [0.2, 0.25) is 5.91 Å². The fraction of sp³-hybridized carbons (Fsp3) is 0.222. The molecular formula is C9H9F2NOS. The second-order valence-electron chi connectivity index (χ2n) is 2.64. The van der Waals surface area contributed by atoms with Crippen LogP contribution in [0.15, 0.2) is 23.1 Å². The molecule has 0 aromatic heterocycles. The first-order valence-corrected chi connectivity index (χ1v) is 4.94. The topological polar surface area (TPSA) is 43.1 Å². The van der Waals surface area contributed by atoms with E-state index in [0.29, 0.717) is 10.6 Å². The molecule has 0 unspecified atom stereocenters. The molecule has 1 amide bonds. The predicted octanol–water partition coefficient (Wildman–Crippen LogP) is 1.93. The van der Waals surface area contributed by atoms with Crippen LogP contribution in [0.3, 0.4) is 0 Å². The Labute approximate surface area is 84.5 Å². The molecule has 76 valence electrons. The van der Waals surface area contributed by atoms with Crippen molar-refractivity contribution in [3.8, 4) is 0 Å². The van der Waals surface area contributed by atoms with Crippen molar-refractivity contribution in [1.29, 1.82) is 0 Å². The maximum absolute atomic E-state index is 13.0. The van der Waals surface area contributed by atoms with Crippen LogP contribution in [0.2, 0.25) is 0 Å². The first kappa shape index (κ1) is 11.0. The number of hydrogen-bond acceptors (Lipinski definition) is 2. The van der Waals surface area contributed by atoms with Gasteiger partial charge in [-0.3, -0.25) is 4.79 Å². The SMILES string of the molecule is NC(=O)CCSc1ccc(F)cc1F. The van der Waals surface area contributed by atoms with Gasteiger partial charge in [-0.15, -0.1) is 11.8 Å². The zero-order valence-corrected chi connectivity index (χ0v) is 8.11. The van der Waals surface area contributed by atoms with Crippen LogP contribution in [0.5, 0.6) is 0 Å². The predicted molar refractivity (Wildman–Crippen MR) is 50.9 cm³/mol. The number of carbonyl (C=O) groups is 1. The number of nitrogens with two attached hydrogens (primary N) is 1. The maximum Gasteiger partial charge on any atom is 0.218 e. The Bertz CT molecular complexity index is 344. The van der Waals surface area contributed by atoms with Crippen molar-refractivity contribution in [1.82, 2.24) is 0 Å². The highest BCUT2D eigenvalue weighted by Gasteiger charge is 2.04. The molecule has 0 spiro atoms. The highest BCUT2D eigenvalue weighted by molar-refractivity contribution is 7.99. The molecule has 2 N–H and O–H groups in total. The second kappa shape index (κ2) is 4.95. The van der Waals surface area contributed by atoms with E-state index in [2.05, 4.69) is 0 Å². The molecule has 0 heterocycles. The Hall–Kier alpha value is -1.10. The lowest BCUT2D eigenvalue weighted by molar-refractivity contribution is -0.117. The van der Waals surface area contributed by atoms with Crippen LogP contribution in [-0.4, -0.2) is 11.7 Å². The van der Waals surface area contributed by atoms with Crippen molar-refractivity contribution < 1.29 is 13.6 Å². The van der Waals surface area contributed by atoms with Crippen molar-refractivity contribution in [2.45, 2.75) is 11.3 Å². The van der Waals surface area contributed by atoms with Crippen molar-refractivity contribution >= 4 is 17.7 Å². The molecule has 0 aliphatic carbocycles. The van der Waals surface area contributed by atoms with Gasteiger partial charge in [-0.2, -0.15) is 0 Å². The largest absolute Gasteiger partial charge is 0.370 e. The van der Waals surface area contributed by atoms with E-state index in [-0.39, 0.29) is 6.42 Å². The second-order valence-corrected chi connectivity index (χ2v) is 3.78. The van der Waals surface area contributed by atoms with Gasteiger partial charge in [-0.25, -0.2) is 8.78 Å². The van der Waals surface area contributed by atoms with Gasteiger partial charge in [0.05, 0.1) is 0 Å². The van der Waals surface area contributed by atoms with Crippen LogP contribution in [0, 0.1) is 11.6 Å². The van der Waals surface area contributed by atoms with Gasteiger partial charge in [-0.05, 0) is 12.1 Å². The monoisotopic (exact) mass is 217 g/mol. The molecule has 0 radical (unpaired) electrons. The zero-order chi connectivity index (χ0) is 10.6. The van der Waals surface area contributed by atoms with E-state index in [9.17, 15) is 13.6 Å². The van der Waals surface area contributed by atoms with Gasteiger partial charge in [0.25, 0.3) is 0 Å². The summed E-state index contributed by atoms with van der Waals surface area (Å²) in [5.41, 5.74) is 4.91. The number of primary amides is 1. The molecule has 14 heavy (non-hydrogen) atoms. The van der Waals surface area contributed by atoms with Crippen LogP contribution in [-0.2, 0) is 4.79 Å². The zero-order valence-electron chi connectivity index (χ0n) is 7.30. The van der Waals surface area contributed by atoms with Crippen LogP contribution in [0.1, 0.15) is 6.42 Å².